The Kier molecular flexibility index (Phi) is 3.69. The highest BCUT2D eigenvalue weighted by Crippen LogP contribution is 2.25. The van der Waals surface area contributed by atoms with E-state index in [4.69, 9.17) is 5.14 Å². The van der Waals surface area contributed by atoms with Gasteiger partial charge in [0, 0.05) is 6.04 Å². The highest BCUT2D eigenvalue weighted by molar-refractivity contribution is 7.89. The maximum Gasteiger partial charge on any atom is 0.240 e. The fourth-order valence-corrected chi connectivity index (χ4v) is 3.00. The van der Waals surface area contributed by atoms with Gasteiger partial charge in [-0.1, -0.05) is 31.4 Å². The van der Waals surface area contributed by atoms with Gasteiger partial charge in [0.2, 0.25) is 10.0 Å². The molecular formula is C12H18N2O2S. The standard InChI is InChI=1S/C12H18N2O2S/c13-17(15,16)12-9-5-4-8-11(12)14-10-6-2-1-3-7-10/h4-5,8-10,14H,1-3,6-7H2,(H2,13,15,16). The fourth-order valence-electron chi connectivity index (χ4n) is 2.30. The number of primary sulfonamides is 1. The summed E-state index contributed by atoms with van der Waals surface area (Å²) in [5.41, 5.74) is 0.627. The number of rotatable bonds is 3. The Morgan fingerprint density at radius 2 is 1.76 bits per heavy atom. The van der Waals surface area contributed by atoms with Crippen molar-refractivity contribution in [1.29, 1.82) is 0 Å². The van der Waals surface area contributed by atoms with E-state index in [0.29, 0.717) is 11.7 Å². The third-order valence-electron chi connectivity index (χ3n) is 3.16. The summed E-state index contributed by atoms with van der Waals surface area (Å²) in [6, 6.07) is 7.19. The van der Waals surface area contributed by atoms with Crippen molar-refractivity contribution in [2.75, 3.05) is 5.32 Å². The SMILES string of the molecule is NS(=O)(=O)c1ccccc1NC1CCCCC1. The largest absolute Gasteiger partial charge is 0.381 e. The third-order valence-corrected chi connectivity index (χ3v) is 4.13. The molecule has 1 aromatic carbocycles. The summed E-state index contributed by atoms with van der Waals surface area (Å²) >= 11 is 0. The number of benzene rings is 1. The lowest BCUT2D eigenvalue weighted by Crippen LogP contribution is -2.24. The first-order valence-electron chi connectivity index (χ1n) is 5.96. The van der Waals surface area contributed by atoms with Crippen LogP contribution in [-0.2, 0) is 10.0 Å². The molecule has 1 aromatic rings. The van der Waals surface area contributed by atoms with Crippen LogP contribution >= 0.6 is 0 Å². The number of nitrogens with two attached hydrogens (primary N) is 1. The van der Waals surface area contributed by atoms with Crippen molar-refractivity contribution in [2.24, 2.45) is 5.14 Å². The minimum absolute atomic E-state index is 0.186. The molecule has 0 heterocycles. The molecule has 2 rings (SSSR count). The van der Waals surface area contributed by atoms with Gasteiger partial charge in [0.05, 0.1) is 5.69 Å². The van der Waals surface area contributed by atoms with Crippen LogP contribution in [0.1, 0.15) is 32.1 Å². The average Bonchev–Trinajstić information content (AvgIpc) is 2.30. The molecule has 1 fully saturated rings. The summed E-state index contributed by atoms with van der Waals surface area (Å²) in [5.74, 6) is 0. The summed E-state index contributed by atoms with van der Waals surface area (Å²) in [7, 11) is -3.65. The lowest BCUT2D eigenvalue weighted by atomic mass is 9.95. The van der Waals surface area contributed by atoms with Crippen molar-refractivity contribution >= 4 is 15.7 Å². The van der Waals surface area contributed by atoms with Crippen LogP contribution < -0.4 is 10.5 Å². The van der Waals surface area contributed by atoms with Gasteiger partial charge in [-0.25, -0.2) is 13.6 Å². The molecule has 0 bridgehead atoms. The number of para-hydroxylation sites is 1. The van der Waals surface area contributed by atoms with Crippen molar-refractivity contribution in [3.8, 4) is 0 Å². The molecule has 0 aromatic heterocycles. The summed E-state index contributed by atoms with van der Waals surface area (Å²) in [5, 5.41) is 8.49. The molecule has 1 aliphatic carbocycles. The van der Waals surface area contributed by atoms with Gasteiger partial charge in [-0.3, -0.25) is 0 Å². The second kappa shape index (κ2) is 5.06. The first-order chi connectivity index (χ1) is 8.07. The number of hydrogen-bond acceptors (Lipinski definition) is 3. The third kappa shape index (κ3) is 3.20. The molecule has 0 radical (unpaired) electrons. The molecule has 0 unspecified atom stereocenters. The second-order valence-corrected chi connectivity index (χ2v) is 6.05. The zero-order chi connectivity index (χ0) is 12.3. The maximum atomic E-state index is 11.4. The van der Waals surface area contributed by atoms with Crippen LogP contribution in [0.2, 0.25) is 0 Å². The van der Waals surface area contributed by atoms with E-state index in [0.717, 1.165) is 12.8 Å². The van der Waals surface area contributed by atoms with E-state index in [1.807, 2.05) is 6.07 Å². The molecule has 3 N–H and O–H groups in total. The summed E-state index contributed by atoms with van der Waals surface area (Å²) in [6.45, 7) is 0. The van der Waals surface area contributed by atoms with Crippen LogP contribution in [-0.4, -0.2) is 14.5 Å². The van der Waals surface area contributed by atoms with Crippen LogP contribution in [0.15, 0.2) is 29.2 Å². The van der Waals surface area contributed by atoms with Gasteiger partial charge in [0.1, 0.15) is 4.90 Å². The van der Waals surface area contributed by atoms with Gasteiger partial charge in [-0.05, 0) is 25.0 Å². The highest BCUT2D eigenvalue weighted by atomic mass is 32.2. The van der Waals surface area contributed by atoms with E-state index in [2.05, 4.69) is 5.32 Å². The van der Waals surface area contributed by atoms with Gasteiger partial charge in [0.25, 0.3) is 0 Å². The zero-order valence-electron chi connectivity index (χ0n) is 9.72. The van der Waals surface area contributed by atoms with E-state index in [1.165, 1.54) is 19.3 Å². The molecule has 5 heteroatoms. The fraction of sp³-hybridized carbons (Fsp3) is 0.500. The Bertz CT molecular complexity index is 479. The molecule has 0 spiro atoms. The number of sulfonamides is 1. The maximum absolute atomic E-state index is 11.4. The molecule has 0 amide bonds. The molecule has 1 aliphatic rings. The Labute approximate surface area is 102 Å². The van der Waals surface area contributed by atoms with Crippen LogP contribution in [0, 0.1) is 0 Å². The van der Waals surface area contributed by atoms with Crippen molar-refractivity contribution in [3.05, 3.63) is 24.3 Å². The number of nitrogens with one attached hydrogen (secondary N) is 1. The summed E-state index contributed by atoms with van der Waals surface area (Å²) in [6.07, 6.45) is 5.87. The lowest BCUT2D eigenvalue weighted by molar-refractivity contribution is 0.462. The van der Waals surface area contributed by atoms with E-state index in [1.54, 1.807) is 18.2 Å². The van der Waals surface area contributed by atoms with Gasteiger partial charge in [-0.2, -0.15) is 0 Å². The quantitative estimate of drug-likeness (QED) is 0.867. The Hall–Kier alpha value is -1.07. The van der Waals surface area contributed by atoms with Gasteiger partial charge in [-0.15, -0.1) is 0 Å². The lowest BCUT2D eigenvalue weighted by Gasteiger charge is -2.24. The van der Waals surface area contributed by atoms with Gasteiger partial charge >= 0.3 is 0 Å². The van der Waals surface area contributed by atoms with Crippen LogP contribution in [0.4, 0.5) is 5.69 Å². The zero-order valence-corrected chi connectivity index (χ0v) is 10.5. The molecule has 17 heavy (non-hydrogen) atoms. The first-order valence-corrected chi connectivity index (χ1v) is 7.50. The van der Waals surface area contributed by atoms with Crippen LogP contribution in [0.3, 0.4) is 0 Å². The molecule has 0 saturated heterocycles. The minimum atomic E-state index is -3.65. The van der Waals surface area contributed by atoms with Crippen molar-refractivity contribution in [3.63, 3.8) is 0 Å². The second-order valence-electron chi connectivity index (χ2n) is 4.52. The number of anilines is 1. The Balaban J connectivity index is 2.20. The summed E-state index contributed by atoms with van der Waals surface area (Å²) < 4.78 is 22.9. The van der Waals surface area contributed by atoms with Crippen molar-refractivity contribution < 1.29 is 8.42 Å². The van der Waals surface area contributed by atoms with Crippen molar-refractivity contribution in [2.45, 2.75) is 43.0 Å². The minimum Gasteiger partial charge on any atom is -0.381 e. The van der Waals surface area contributed by atoms with Gasteiger partial charge in [0.15, 0.2) is 0 Å². The number of hydrogen-bond donors (Lipinski definition) is 2. The molecular weight excluding hydrogens is 236 g/mol. The first kappa shape index (κ1) is 12.4. The van der Waals surface area contributed by atoms with Crippen LogP contribution in [0.5, 0.6) is 0 Å². The molecule has 1 saturated carbocycles. The molecule has 0 aliphatic heterocycles. The molecule has 0 atom stereocenters. The predicted octanol–water partition coefficient (Wildman–Crippen LogP) is 2.08. The van der Waals surface area contributed by atoms with E-state index < -0.39 is 10.0 Å². The smallest absolute Gasteiger partial charge is 0.240 e. The molecule has 4 nitrogen and oxygen atoms in total. The van der Waals surface area contributed by atoms with Crippen LogP contribution in [0.25, 0.3) is 0 Å². The normalized spacial score (nSPS) is 17.9. The Morgan fingerprint density at radius 3 is 2.41 bits per heavy atom. The monoisotopic (exact) mass is 254 g/mol. The molecule has 94 valence electrons. The van der Waals surface area contributed by atoms with E-state index in [9.17, 15) is 8.42 Å². The topological polar surface area (TPSA) is 72.2 Å². The Morgan fingerprint density at radius 1 is 1.12 bits per heavy atom. The van der Waals surface area contributed by atoms with Gasteiger partial charge < -0.3 is 5.32 Å². The summed E-state index contributed by atoms with van der Waals surface area (Å²) in [4.78, 5) is 0.186. The van der Waals surface area contributed by atoms with E-state index in [-0.39, 0.29) is 4.90 Å². The predicted molar refractivity (Wildman–Crippen MR) is 68.3 cm³/mol. The average molecular weight is 254 g/mol. The highest BCUT2D eigenvalue weighted by Gasteiger charge is 2.17. The van der Waals surface area contributed by atoms with E-state index >= 15 is 0 Å². The van der Waals surface area contributed by atoms with Crippen molar-refractivity contribution in [1.82, 2.24) is 0 Å².